The number of hydrogen-bond acceptors (Lipinski definition) is 3. The second-order valence-electron chi connectivity index (χ2n) is 8.11. The summed E-state index contributed by atoms with van der Waals surface area (Å²) in [7, 11) is 1.92. The van der Waals surface area contributed by atoms with Crippen molar-refractivity contribution in [1.82, 2.24) is 9.78 Å². The van der Waals surface area contributed by atoms with Crippen LogP contribution in [0.5, 0.6) is 0 Å². The van der Waals surface area contributed by atoms with Crippen molar-refractivity contribution in [2.24, 2.45) is 24.8 Å². The van der Waals surface area contributed by atoms with Gasteiger partial charge in [-0.25, -0.2) is 0 Å². The fourth-order valence-corrected chi connectivity index (χ4v) is 7.13. The van der Waals surface area contributed by atoms with Crippen LogP contribution in [0, 0.1) is 31.6 Å². The summed E-state index contributed by atoms with van der Waals surface area (Å²) in [5, 5.41) is 7.46. The van der Waals surface area contributed by atoms with Gasteiger partial charge in [-0.1, -0.05) is 0 Å². The van der Waals surface area contributed by atoms with Crippen LogP contribution in [0.4, 0.5) is 5.69 Å². The Labute approximate surface area is 142 Å². The van der Waals surface area contributed by atoms with Crippen LogP contribution < -0.4 is 5.32 Å². The third kappa shape index (κ3) is 2.81. The maximum Gasteiger partial charge on any atom is 0.234 e. The van der Waals surface area contributed by atoms with Crippen molar-refractivity contribution in [3.8, 4) is 0 Å². The number of thioether (sulfide) groups is 1. The average Bonchev–Trinajstić information content (AvgIpc) is 2.70. The van der Waals surface area contributed by atoms with Crippen LogP contribution in [0.15, 0.2) is 0 Å². The second-order valence-corrected chi connectivity index (χ2v) is 9.55. The number of nitrogens with zero attached hydrogens (tertiary/aromatic N) is 2. The minimum Gasteiger partial charge on any atom is -0.322 e. The number of nitrogens with one attached hydrogen (secondary N) is 1. The quantitative estimate of drug-likeness (QED) is 0.914. The Morgan fingerprint density at radius 2 is 1.78 bits per heavy atom. The molecule has 4 bridgehead atoms. The zero-order valence-electron chi connectivity index (χ0n) is 14.4. The number of anilines is 1. The van der Waals surface area contributed by atoms with Crippen molar-refractivity contribution < 1.29 is 4.79 Å². The van der Waals surface area contributed by atoms with Gasteiger partial charge in [-0.05, 0) is 70.1 Å². The van der Waals surface area contributed by atoms with E-state index < -0.39 is 0 Å². The normalized spacial score (nSPS) is 34.8. The molecule has 5 rings (SSSR count). The Balaban J connectivity index is 1.38. The SMILES string of the molecule is Cc1nn(C)c(C)c1NC(=O)CSC12CC3CC(CC(C3)C1)C2. The lowest BCUT2D eigenvalue weighted by Gasteiger charge is -2.56. The van der Waals surface area contributed by atoms with Crippen molar-refractivity contribution in [1.29, 1.82) is 0 Å². The molecule has 126 valence electrons. The van der Waals surface area contributed by atoms with Gasteiger partial charge in [0.05, 0.1) is 22.8 Å². The molecule has 1 aromatic heterocycles. The van der Waals surface area contributed by atoms with E-state index >= 15 is 0 Å². The van der Waals surface area contributed by atoms with Gasteiger partial charge in [0.15, 0.2) is 0 Å². The number of carbonyl (C=O) groups excluding carboxylic acids is 1. The number of aromatic nitrogens is 2. The van der Waals surface area contributed by atoms with Crippen molar-refractivity contribution >= 4 is 23.4 Å². The molecule has 1 aromatic rings. The third-order valence-electron chi connectivity index (χ3n) is 6.26. The van der Waals surface area contributed by atoms with E-state index in [1.807, 2.05) is 37.3 Å². The Morgan fingerprint density at radius 3 is 2.26 bits per heavy atom. The van der Waals surface area contributed by atoms with Crippen LogP contribution >= 0.6 is 11.8 Å². The molecule has 0 radical (unpaired) electrons. The lowest BCUT2D eigenvalue weighted by Crippen LogP contribution is -2.49. The molecule has 4 aliphatic rings. The van der Waals surface area contributed by atoms with Crippen LogP contribution in [0.3, 0.4) is 0 Å². The molecule has 4 nitrogen and oxygen atoms in total. The first-order valence-electron chi connectivity index (χ1n) is 8.88. The van der Waals surface area contributed by atoms with Crippen LogP contribution in [0.25, 0.3) is 0 Å². The summed E-state index contributed by atoms with van der Waals surface area (Å²) in [6.07, 6.45) is 8.42. The number of amides is 1. The molecule has 0 aromatic carbocycles. The molecule has 4 fully saturated rings. The Kier molecular flexibility index (Phi) is 3.74. The summed E-state index contributed by atoms with van der Waals surface area (Å²) in [4.78, 5) is 12.5. The molecule has 0 saturated heterocycles. The molecular formula is C18H27N3OS. The number of aryl methyl sites for hydroxylation is 2. The first kappa shape index (κ1) is 15.6. The molecule has 1 heterocycles. The number of hydrogen-bond donors (Lipinski definition) is 1. The topological polar surface area (TPSA) is 46.9 Å². The smallest absolute Gasteiger partial charge is 0.234 e. The van der Waals surface area contributed by atoms with Gasteiger partial charge in [0.25, 0.3) is 0 Å². The van der Waals surface area contributed by atoms with E-state index in [1.165, 1.54) is 38.5 Å². The standard InChI is InChI=1S/C18H27N3OS/c1-11-17(12(2)21(3)20-11)19-16(22)10-23-18-7-13-4-14(8-18)6-15(5-13)9-18/h13-15H,4-10H2,1-3H3,(H,19,22). The molecule has 0 atom stereocenters. The predicted molar refractivity (Wildman–Crippen MR) is 94.7 cm³/mol. The highest BCUT2D eigenvalue weighted by Gasteiger charge is 2.51. The van der Waals surface area contributed by atoms with E-state index in [-0.39, 0.29) is 5.91 Å². The Morgan fingerprint density at radius 1 is 1.22 bits per heavy atom. The highest BCUT2D eigenvalue weighted by molar-refractivity contribution is 8.01. The summed E-state index contributed by atoms with van der Waals surface area (Å²) in [5.74, 6) is 3.55. The molecule has 1 amide bonds. The van der Waals surface area contributed by atoms with Gasteiger partial charge in [0, 0.05) is 11.8 Å². The van der Waals surface area contributed by atoms with E-state index in [0.29, 0.717) is 10.5 Å². The molecule has 1 N–H and O–H groups in total. The molecule has 0 spiro atoms. The maximum atomic E-state index is 12.5. The van der Waals surface area contributed by atoms with Gasteiger partial charge >= 0.3 is 0 Å². The lowest BCUT2D eigenvalue weighted by atomic mass is 9.56. The highest BCUT2D eigenvalue weighted by Crippen LogP contribution is 2.60. The van der Waals surface area contributed by atoms with E-state index in [1.54, 1.807) is 0 Å². The summed E-state index contributed by atoms with van der Waals surface area (Å²) < 4.78 is 2.24. The van der Waals surface area contributed by atoms with Crippen molar-refractivity contribution in [2.75, 3.05) is 11.1 Å². The van der Waals surface area contributed by atoms with E-state index in [0.717, 1.165) is 34.8 Å². The van der Waals surface area contributed by atoms with Gasteiger partial charge in [0.1, 0.15) is 0 Å². The lowest BCUT2D eigenvalue weighted by molar-refractivity contribution is -0.113. The minimum absolute atomic E-state index is 0.130. The van der Waals surface area contributed by atoms with Crippen molar-refractivity contribution in [3.05, 3.63) is 11.4 Å². The zero-order valence-corrected chi connectivity index (χ0v) is 15.2. The van der Waals surface area contributed by atoms with Crippen LogP contribution in [0.2, 0.25) is 0 Å². The number of carbonyl (C=O) groups is 1. The summed E-state index contributed by atoms with van der Waals surface area (Å²) in [6.45, 7) is 3.96. The zero-order chi connectivity index (χ0) is 16.2. The summed E-state index contributed by atoms with van der Waals surface area (Å²) >= 11 is 1.94. The van der Waals surface area contributed by atoms with Gasteiger partial charge in [-0.3, -0.25) is 9.48 Å². The second kappa shape index (κ2) is 5.54. The minimum atomic E-state index is 0.130. The fourth-order valence-electron chi connectivity index (χ4n) is 5.56. The first-order chi connectivity index (χ1) is 10.9. The van der Waals surface area contributed by atoms with Gasteiger partial charge in [-0.15, -0.1) is 11.8 Å². The van der Waals surface area contributed by atoms with Crippen LogP contribution in [0.1, 0.15) is 49.9 Å². The molecular weight excluding hydrogens is 306 g/mol. The highest BCUT2D eigenvalue weighted by atomic mass is 32.2. The monoisotopic (exact) mass is 333 g/mol. The molecule has 5 heteroatoms. The number of rotatable bonds is 4. The fraction of sp³-hybridized carbons (Fsp3) is 0.778. The first-order valence-corrected chi connectivity index (χ1v) is 9.87. The van der Waals surface area contributed by atoms with E-state index in [9.17, 15) is 4.79 Å². The summed E-state index contributed by atoms with van der Waals surface area (Å²) in [6, 6.07) is 0. The molecule has 4 saturated carbocycles. The van der Waals surface area contributed by atoms with E-state index in [2.05, 4.69) is 10.4 Å². The van der Waals surface area contributed by atoms with Gasteiger partial charge < -0.3 is 5.32 Å². The van der Waals surface area contributed by atoms with Gasteiger partial charge in [-0.2, -0.15) is 5.10 Å². The van der Waals surface area contributed by atoms with E-state index in [4.69, 9.17) is 0 Å². The third-order valence-corrected chi connectivity index (χ3v) is 7.78. The van der Waals surface area contributed by atoms with Gasteiger partial charge in [0.2, 0.25) is 5.91 Å². The molecule has 4 aliphatic carbocycles. The van der Waals surface area contributed by atoms with Crippen LogP contribution in [-0.4, -0.2) is 26.2 Å². The predicted octanol–water partition coefficient (Wildman–Crippen LogP) is 3.68. The Hall–Kier alpha value is -0.970. The maximum absolute atomic E-state index is 12.5. The van der Waals surface area contributed by atoms with Crippen molar-refractivity contribution in [3.63, 3.8) is 0 Å². The molecule has 23 heavy (non-hydrogen) atoms. The summed E-state index contributed by atoms with van der Waals surface area (Å²) in [5.41, 5.74) is 2.82. The average molecular weight is 334 g/mol. The van der Waals surface area contributed by atoms with Crippen LogP contribution in [-0.2, 0) is 11.8 Å². The molecule has 0 aliphatic heterocycles. The largest absolute Gasteiger partial charge is 0.322 e. The molecule has 0 unspecified atom stereocenters. The Bertz CT molecular complexity index is 601. The van der Waals surface area contributed by atoms with Crippen molar-refractivity contribution in [2.45, 2.75) is 57.1 Å².